The largest absolute Gasteiger partial charge is 0.459 e. The molecule has 156 valence electrons. The third-order valence-corrected chi connectivity index (χ3v) is 3.19. The molecule has 2 amide bonds. The van der Waals surface area contributed by atoms with E-state index in [1.807, 2.05) is 32.0 Å². The summed E-state index contributed by atoms with van der Waals surface area (Å²) in [6.07, 6.45) is -1.16. The Bertz CT molecular complexity index is 640. The van der Waals surface area contributed by atoms with Gasteiger partial charge in [0.25, 0.3) is 0 Å². The number of esters is 1. The fraction of sp³-hybridized carbons (Fsp3) is 0.550. The fourth-order valence-corrected chi connectivity index (χ4v) is 1.99. The van der Waals surface area contributed by atoms with Crippen LogP contribution in [0.1, 0.15) is 46.6 Å². The third kappa shape index (κ3) is 10.5. The van der Waals surface area contributed by atoms with Gasteiger partial charge in [-0.1, -0.05) is 44.2 Å². The number of hydroxylamine groups is 1. The fourth-order valence-electron chi connectivity index (χ4n) is 1.99. The first-order chi connectivity index (χ1) is 13.1. The first-order valence-corrected chi connectivity index (χ1v) is 9.17. The van der Waals surface area contributed by atoms with Gasteiger partial charge in [-0.25, -0.2) is 15.1 Å². The van der Waals surface area contributed by atoms with Crippen LogP contribution >= 0.6 is 0 Å². The lowest BCUT2D eigenvalue weighted by Gasteiger charge is -2.22. The first-order valence-electron chi connectivity index (χ1n) is 9.17. The van der Waals surface area contributed by atoms with E-state index in [4.69, 9.17) is 14.3 Å². The SMILES string of the molecule is CC(C)CONC(=O)C[C@H](NC(=O)OC(C)(C)C)C(=O)OCc1ccccc1. The Kier molecular flexibility index (Phi) is 9.44. The highest BCUT2D eigenvalue weighted by atomic mass is 16.7. The van der Waals surface area contributed by atoms with Gasteiger partial charge in [-0.15, -0.1) is 0 Å². The lowest BCUT2D eigenvalue weighted by Crippen LogP contribution is -2.46. The van der Waals surface area contributed by atoms with Gasteiger partial charge in [0.05, 0.1) is 13.0 Å². The maximum absolute atomic E-state index is 12.4. The van der Waals surface area contributed by atoms with Crippen molar-refractivity contribution >= 4 is 18.0 Å². The minimum absolute atomic E-state index is 0.0254. The van der Waals surface area contributed by atoms with Crippen LogP contribution in [-0.4, -0.2) is 36.2 Å². The average molecular weight is 394 g/mol. The van der Waals surface area contributed by atoms with Crippen molar-refractivity contribution in [1.29, 1.82) is 0 Å². The maximum atomic E-state index is 12.4. The minimum Gasteiger partial charge on any atom is -0.459 e. The standard InChI is InChI=1S/C20H30N2O6/c1-14(2)12-27-22-17(23)11-16(21-19(25)28-20(3,4)5)18(24)26-13-15-9-7-6-8-10-15/h6-10,14,16H,11-13H2,1-5H3,(H,21,25)(H,22,23)/t16-/m0/s1. The molecular weight excluding hydrogens is 364 g/mol. The molecule has 1 aromatic carbocycles. The predicted molar refractivity (Wildman–Crippen MR) is 103 cm³/mol. The molecule has 28 heavy (non-hydrogen) atoms. The number of hydrogen-bond acceptors (Lipinski definition) is 6. The Labute approximate surface area is 165 Å². The zero-order valence-electron chi connectivity index (χ0n) is 17.1. The monoisotopic (exact) mass is 394 g/mol. The van der Waals surface area contributed by atoms with Crippen molar-refractivity contribution in [3.63, 3.8) is 0 Å². The molecule has 0 fully saturated rings. The molecule has 0 unspecified atom stereocenters. The molecular formula is C20H30N2O6. The van der Waals surface area contributed by atoms with Crippen LogP contribution in [0.4, 0.5) is 4.79 Å². The van der Waals surface area contributed by atoms with Crippen molar-refractivity contribution in [3.05, 3.63) is 35.9 Å². The Hall–Kier alpha value is -2.61. The van der Waals surface area contributed by atoms with Crippen LogP contribution < -0.4 is 10.8 Å². The van der Waals surface area contributed by atoms with Crippen LogP contribution in [0, 0.1) is 5.92 Å². The highest BCUT2D eigenvalue weighted by molar-refractivity contribution is 5.87. The zero-order valence-corrected chi connectivity index (χ0v) is 17.1. The number of carbonyl (C=O) groups excluding carboxylic acids is 3. The zero-order chi connectivity index (χ0) is 21.2. The molecule has 0 aromatic heterocycles. The van der Waals surface area contributed by atoms with Crippen molar-refractivity contribution in [1.82, 2.24) is 10.8 Å². The highest BCUT2D eigenvalue weighted by Crippen LogP contribution is 2.09. The van der Waals surface area contributed by atoms with Gasteiger partial charge in [-0.2, -0.15) is 0 Å². The van der Waals surface area contributed by atoms with E-state index in [-0.39, 0.29) is 18.9 Å². The molecule has 1 aromatic rings. The van der Waals surface area contributed by atoms with Gasteiger partial charge in [0.1, 0.15) is 18.2 Å². The van der Waals surface area contributed by atoms with Crippen molar-refractivity contribution in [2.24, 2.45) is 5.92 Å². The second-order valence-electron chi connectivity index (χ2n) is 7.73. The van der Waals surface area contributed by atoms with Gasteiger partial charge >= 0.3 is 12.1 Å². The molecule has 0 saturated carbocycles. The topological polar surface area (TPSA) is 103 Å². The van der Waals surface area contributed by atoms with Gasteiger partial charge in [-0.3, -0.25) is 9.63 Å². The van der Waals surface area contributed by atoms with Crippen molar-refractivity contribution in [2.75, 3.05) is 6.61 Å². The summed E-state index contributed by atoms with van der Waals surface area (Å²) >= 11 is 0. The van der Waals surface area contributed by atoms with Crippen molar-refractivity contribution < 1.29 is 28.7 Å². The quantitative estimate of drug-likeness (QED) is 0.493. The number of hydrogen-bond donors (Lipinski definition) is 2. The van der Waals surface area contributed by atoms with E-state index in [1.165, 1.54) is 0 Å². The van der Waals surface area contributed by atoms with Crippen LogP contribution in [0.2, 0.25) is 0 Å². The molecule has 1 atom stereocenters. The lowest BCUT2D eigenvalue weighted by molar-refractivity contribution is -0.150. The Morgan fingerprint density at radius 2 is 1.71 bits per heavy atom. The molecule has 8 nitrogen and oxygen atoms in total. The van der Waals surface area contributed by atoms with E-state index in [9.17, 15) is 14.4 Å². The Morgan fingerprint density at radius 3 is 2.29 bits per heavy atom. The third-order valence-electron chi connectivity index (χ3n) is 3.19. The van der Waals surface area contributed by atoms with E-state index >= 15 is 0 Å². The maximum Gasteiger partial charge on any atom is 0.408 e. The van der Waals surface area contributed by atoms with Gasteiger partial charge in [-0.05, 0) is 32.3 Å². The number of nitrogens with one attached hydrogen (secondary N) is 2. The van der Waals surface area contributed by atoms with Gasteiger partial charge in [0.2, 0.25) is 5.91 Å². The number of benzene rings is 1. The molecule has 0 radical (unpaired) electrons. The van der Waals surface area contributed by atoms with Crippen LogP contribution in [0.15, 0.2) is 30.3 Å². The van der Waals surface area contributed by atoms with Crippen LogP contribution in [0.5, 0.6) is 0 Å². The summed E-state index contributed by atoms with van der Waals surface area (Å²) in [6, 6.07) is 7.88. The summed E-state index contributed by atoms with van der Waals surface area (Å²) in [5.41, 5.74) is 2.30. The van der Waals surface area contributed by atoms with Crippen molar-refractivity contribution in [3.8, 4) is 0 Å². The summed E-state index contributed by atoms with van der Waals surface area (Å²) in [5.74, 6) is -1.07. The average Bonchev–Trinajstić information content (AvgIpc) is 2.58. The summed E-state index contributed by atoms with van der Waals surface area (Å²) in [6.45, 7) is 9.30. The second kappa shape index (κ2) is 11.3. The molecule has 1 rings (SSSR count). The molecule has 0 saturated heterocycles. The van der Waals surface area contributed by atoms with Gasteiger partial charge < -0.3 is 14.8 Å². The van der Waals surface area contributed by atoms with Crippen LogP contribution in [0.3, 0.4) is 0 Å². The normalized spacial score (nSPS) is 12.2. The van der Waals surface area contributed by atoms with E-state index in [2.05, 4.69) is 10.8 Å². The predicted octanol–water partition coefficient (Wildman–Crippen LogP) is 2.72. The number of rotatable bonds is 9. The van der Waals surface area contributed by atoms with Gasteiger partial charge in [0, 0.05) is 0 Å². The second-order valence-corrected chi connectivity index (χ2v) is 7.73. The minimum atomic E-state index is -1.21. The number of alkyl carbamates (subject to hydrolysis) is 1. The van der Waals surface area contributed by atoms with Crippen molar-refractivity contribution in [2.45, 2.75) is 59.3 Å². The van der Waals surface area contributed by atoms with Crippen LogP contribution in [-0.2, 0) is 30.5 Å². The smallest absolute Gasteiger partial charge is 0.408 e. The highest BCUT2D eigenvalue weighted by Gasteiger charge is 2.28. The molecule has 0 aliphatic heterocycles. The number of amides is 2. The number of carbonyl (C=O) groups is 3. The van der Waals surface area contributed by atoms with Gasteiger partial charge in [0.15, 0.2) is 0 Å². The molecule has 0 bridgehead atoms. The number of ether oxygens (including phenoxy) is 2. The summed E-state index contributed by atoms with van der Waals surface area (Å²) < 4.78 is 10.4. The molecule has 0 aliphatic carbocycles. The summed E-state index contributed by atoms with van der Waals surface area (Å²) in [4.78, 5) is 41.6. The Morgan fingerprint density at radius 1 is 1.07 bits per heavy atom. The first kappa shape index (κ1) is 23.4. The van der Waals surface area contributed by atoms with E-state index in [0.29, 0.717) is 6.61 Å². The molecule has 0 aliphatic rings. The molecule has 0 heterocycles. The molecule has 0 spiro atoms. The molecule has 2 N–H and O–H groups in total. The van der Waals surface area contributed by atoms with E-state index < -0.39 is 29.6 Å². The summed E-state index contributed by atoms with van der Waals surface area (Å²) in [5, 5.41) is 2.39. The van der Waals surface area contributed by atoms with Crippen LogP contribution in [0.25, 0.3) is 0 Å². The Balaban J connectivity index is 2.68. The molecule has 8 heteroatoms. The lowest BCUT2D eigenvalue weighted by atomic mass is 10.2. The van der Waals surface area contributed by atoms with E-state index in [0.717, 1.165) is 5.56 Å². The van der Waals surface area contributed by atoms with E-state index in [1.54, 1.807) is 32.9 Å². The summed E-state index contributed by atoms with van der Waals surface area (Å²) in [7, 11) is 0.